The van der Waals surface area contributed by atoms with E-state index in [0.717, 1.165) is 18.7 Å². The van der Waals surface area contributed by atoms with Crippen LogP contribution in [0.4, 0.5) is 5.69 Å². The molecule has 3 rings (SSSR count). The SMILES string of the molecule is CC(CNS(=O)(=O)c1ccc2c(c1)NCC2)N(C)C1CC1. The third-order valence-electron chi connectivity index (χ3n) is 4.49. The Morgan fingerprint density at radius 3 is 2.90 bits per heavy atom. The van der Waals surface area contributed by atoms with Crippen LogP contribution >= 0.6 is 0 Å². The molecule has 1 aromatic rings. The summed E-state index contributed by atoms with van der Waals surface area (Å²) in [5.41, 5.74) is 2.14. The minimum atomic E-state index is -3.43. The Morgan fingerprint density at radius 2 is 2.19 bits per heavy atom. The number of hydrogen-bond donors (Lipinski definition) is 2. The van der Waals surface area contributed by atoms with E-state index in [1.54, 1.807) is 12.1 Å². The summed E-state index contributed by atoms with van der Waals surface area (Å²) >= 11 is 0. The number of benzene rings is 1. The van der Waals surface area contributed by atoms with Crippen LogP contribution in [0.3, 0.4) is 0 Å². The highest BCUT2D eigenvalue weighted by Gasteiger charge is 2.29. The molecule has 5 nitrogen and oxygen atoms in total. The molecule has 1 aromatic carbocycles. The fraction of sp³-hybridized carbons (Fsp3) is 0.600. The van der Waals surface area contributed by atoms with Gasteiger partial charge in [-0.3, -0.25) is 4.90 Å². The Balaban J connectivity index is 1.66. The quantitative estimate of drug-likeness (QED) is 0.834. The van der Waals surface area contributed by atoms with Crippen LogP contribution < -0.4 is 10.0 Å². The van der Waals surface area contributed by atoms with E-state index >= 15 is 0 Å². The molecule has 116 valence electrons. The Labute approximate surface area is 126 Å². The average molecular weight is 309 g/mol. The summed E-state index contributed by atoms with van der Waals surface area (Å²) in [7, 11) is -1.37. The van der Waals surface area contributed by atoms with Gasteiger partial charge in [0.15, 0.2) is 0 Å². The van der Waals surface area contributed by atoms with Gasteiger partial charge >= 0.3 is 0 Å². The Hall–Kier alpha value is -1.11. The average Bonchev–Trinajstić information content (AvgIpc) is 3.21. The van der Waals surface area contributed by atoms with Crippen molar-refractivity contribution >= 4 is 15.7 Å². The van der Waals surface area contributed by atoms with Gasteiger partial charge in [-0.05, 0) is 50.9 Å². The van der Waals surface area contributed by atoms with Gasteiger partial charge in [0.2, 0.25) is 10.0 Å². The molecule has 1 unspecified atom stereocenters. The highest BCUT2D eigenvalue weighted by molar-refractivity contribution is 7.89. The van der Waals surface area contributed by atoms with Gasteiger partial charge in [0, 0.05) is 30.9 Å². The third kappa shape index (κ3) is 3.22. The molecule has 0 spiro atoms. The molecule has 2 N–H and O–H groups in total. The number of fused-ring (bicyclic) bond motifs is 1. The number of nitrogens with one attached hydrogen (secondary N) is 2. The van der Waals surface area contributed by atoms with Gasteiger partial charge in [-0.2, -0.15) is 0 Å². The maximum Gasteiger partial charge on any atom is 0.240 e. The summed E-state index contributed by atoms with van der Waals surface area (Å²) in [4.78, 5) is 2.60. The maximum atomic E-state index is 12.4. The highest BCUT2D eigenvalue weighted by Crippen LogP contribution is 2.27. The fourth-order valence-corrected chi connectivity index (χ4v) is 3.88. The van der Waals surface area contributed by atoms with Gasteiger partial charge in [-0.25, -0.2) is 13.1 Å². The smallest absolute Gasteiger partial charge is 0.240 e. The summed E-state index contributed by atoms with van der Waals surface area (Å²) in [6.45, 7) is 3.39. The fourth-order valence-electron chi connectivity index (χ4n) is 2.74. The van der Waals surface area contributed by atoms with E-state index in [2.05, 4.69) is 28.9 Å². The highest BCUT2D eigenvalue weighted by atomic mass is 32.2. The molecule has 1 aliphatic carbocycles. The van der Waals surface area contributed by atoms with Gasteiger partial charge in [0.1, 0.15) is 0 Å². The van der Waals surface area contributed by atoms with Gasteiger partial charge < -0.3 is 5.32 Å². The first-order valence-electron chi connectivity index (χ1n) is 7.56. The predicted octanol–water partition coefficient (Wildman–Crippen LogP) is 1.42. The zero-order valence-corrected chi connectivity index (χ0v) is 13.4. The van der Waals surface area contributed by atoms with E-state index in [0.29, 0.717) is 17.5 Å². The largest absolute Gasteiger partial charge is 0.384 e. The summed E-state index contributed by atoms with van der Waals surface area (Å²) in [5, 5.41) is 3.22. The topological polar surface area (TPSA) is 61.4 Å². The maximum absolute atomic E-state index is 12.4. The van der Waals surface area contributed by atoms with E-state index in [9.17, 15) is 8.42 Å². The third-order valence-corrected chi connectivity index (χ3v) is 5.91. The van der Waals surface area contributed by atoms with Crippen LogP contribution in [0, 0.1) is 0 Å². The molecule has 6 heteroatoms. The van der Waals surface area contributed by atoms with Crippen molar-refractivity contribution in [1.29, 1.82) is 0 Å². The molecule has 1 heterocycles. The number of sulfonamides is 1. The first-order valence-corrected chi connectivity index (χ1v) is 9.04. The summed E-state index contributed by atoms with van der Waals surface area (Å²) in [6, 6.07) is 6.18. The number of hydrogen-bond acceptors (Lipinski definition) is 4. The Kier molecular flexibility index (Phi) is 3.94. The lowest BCUT2D eigenvalue weighted by Gasteiger charge is -2.24. The second kappa shape index (κ2) is 5.59. The summed E-state index contributed by atoms with van der Waals surface area (Å²) in [5.74, 6) is 0. The van der Waals surface area contributed by atoms with Gasteiger partial charge in [-0.1, -0.05) is 6.07 Å². The van der Waals surface area contributed by atoms with E-state index in [4.69, 9.17) is 0 Å². The van der Waals surface area contributed by atoms with Crippen molar-refractivity contribution in [1.82, 2.24) is 9.62 Å². The van der Waals surface area contributed by atoms with E-state index < -0.39 is 10.0 Å². The van der Waals surface area contributed by atoms with Crippen LogP contribution in [-0.4, -0.2) is 45.5 Å². The minimum absolute atomic E-state index is 0.208. The standard InChI is InChI=1S/C15H23N3O2S/c1-11(18(2)13-4-5-13)10-17-21(19,20)14-6-3-12-7-8-16-15(12)9-14/h3,6,9,11,13,16-17H,4-5,7-8,10H2,1-2H3. The molecule has 0 amide bonds. The minimum Gasteiger partial charge on any atom is -0.384 e. The zero-order valence-electron chi connectivity index (χ0n) is 12.6. The van der Waals surface area contributed by atoms with Crippen molar-refractivity contribution < 1.29 is 8.42 Å². The van der Waals surface area contributed by atoms with E-state index in [1.807, 2.05) is 6.07 Å². The van der Waals surface area contributed by atoms with Crippen LogP contribution in [0.1, 0.15) is 25.3 Å². The van der Waals surface area contributed by atoms with Gasteiger partial charge in [-0.15, -0.1) is 0 Å². The molecule has 21 heavy (non-hydrogen) atoms. The molecule has 1 fully saturated rings. The van der Waals surface area contributed by atoms with E-state index in [1.165, 1.54) is 18.4 Å². The molecule has 1 saturated carbocycles. The molecule has 1 atom stereocenters. The monoisotopic (exact) mass is 309 g/mol. The molecule has 0 saturated heterocycles. The number of anilines is 1. The van der Waals surface area contributed by atoms with Crippen LogP contribution in [0.15, 0.2) is 23.1 Å². The normalized spacial score (nSPS) is 19.4. The first kappa shape index (κ1) is 14.8. The second-order valence-electron chi connectivity index (χ2n) is 6.09. The molecule has 0 bridgehead atoms. The van der Waals surface area contributed by atoms with Crippen molar-refractivity contribution in [3.8, 4) is 0 Å². The molecule has 0 radical (unpaired) electrons. The summed E-state index contributed by atoms with van der Waals surface area (Å²) < 4.78 is 27.5. The molecule has 0 aromatic heterocycles. The number of nitrogens with zero attached hydrogens (tertiary/aromatic N) is 1. The lowest BCUT2D eigenvalue weighted by atomic mass is 10.2. The molecule has 2 aliphatic rings. The van der Waals surface area contributed by atoms with Crippen LogP contribution in [0.5, 0.6) is 0 Å². The summed E-state index contributed by atoms with van der Waals surface area (Å²) in [6.07, 6.45) is 3.42. The lowest BCUT2D eigenvalue weighted by Crippen LogP contribution is -2.41. The van der Waals surface area contributed by atoms with Crippen molar-refractivity contribution in [2.45, 2.75) is 43.2 Å². The van der Waals surface area contributed by atoms with Gasteiger partial charge in [0.05, 0.1) is 4.90 Å². The van der Waals surface area contributed by atoms with Crippen molar-refractivity contribution in [3.63, 3.8) is 0 Å². The molecular formula is C15H23N3O2S. The van der Waals surface area contributed by atoms with Gasteiger partial charge in [0.25, 0.3) is 0 Å². The number of rotatable bonds is 6. The predicted molar refractivity (Wildman–Crippen MR) is 84.1 cm³/mol. The Bertz CT molecular complexity index is 626. The first-order chi connectivity index (χ1) is 9.97. The van der Waals surface area contributed by atoms with E-state index in [-0.39, 0.29) is 6.04 Å². The van der Waals surface area contributed by atoms with Crippen molar-refractivity contribution in [2.75, 3.05) is 25.5 Å². The number of likely N-dealkylation sites (N-methyl/N-ethyl adjacent to an activating group) is 1. The zero-order chi connectivity index (χ0) is 15.0. The van der Waals surface area contributed by atoms with Crippen LogP contribution in [0.25, 0.3) is 0 Å². The van der Waals surface area contributed by atoms with Crippen molar-refractivity contribution in [2.24, 2.45) is 0 Å². The van der Waals surface area contributed by atoms with Crippen LogP contribution in [0.2, 0.25) is 0 Å². The molecular weight excluding hydrogens is 286 g/mol. The second-order valence-corrected chi connectivity index (χ2v) is 7.86. The Morgan fingerprint density at radius 1 is 1.43 bits per heavy atom. The lowest BCUT2D eigenvalue weighted by molar-refractivity contribution is 0.248. The molecule has 1 aliphatic heterocycles. The van der Waals surface area contributed by atoms with Crippen LogP contribution in [-0.2, 0) is 16.4 Å². The van der Waals surface area contributed by atoms with Crippen molar-refractivity contribution in [3.05, 3.63) is 23.8 Å².